The summed E-state index contributed by atoms with van der Waals surface area (Å²) in [6.45, 7) is 6.00. The average molecular weight is 632 g/mol. The first kappa shape index (κ1) is 29.2. The van der Waals surface area contributed by atoms with Crippen molar-refractivity contribution in [3.05, 3.63) is 96.1 Å². The van der Waals surface area contributed by atoms with Crippen molar-refractivity contribution in [2.24, 2.45) is 0 Å². The zero-order valence-electron chi connectivity index (χ0n) is 25.3. The lowest BCUT2D eigenvalue weighted by Crippen LogP contribution is -2.30. The van der Waals surface area contributed by atoms with Gasteiger partial charge in [0, 0.05) is 0 Å². The Morgan fingerprint density at radius 1 is 0.681 bits per heavy atom. The molecular weight excluding hydrogens is 606 g/mol. The van der Waals surface area contributed by atoms with Crippen LogP contribution in [-0.4, -0.2) is 35.8 Å². The molecule has 14 heteroatoms. The van der Waals surface area contributed by atoms with Crippen molar-refractivity contribution in [2.45, 2.75) is 39.7 Å². The Kier molecular flexibility index (Phi) is 7.76. The first-order valence-corrected chi connectivity index (χ1v) is 14.6. The quantitative estimate of drug-likeness (QED) is 0.212. The van der Waals surface area contributed by atoms with Crippen molar-refractivity contribution in [1.29, 1.82) is 0 Å². The van der Waals surface area contributed by atoms with Gasteiger partial charge in [-0.2, -0.15) is 4.98 Å². The molecule has 0 fully saturated rings. The molecule has 8 rings (SSSR count). The van der Waals surface area contributed by atoms with Crippen LogP contribution in [0.5, 0.6) is 0 Å². The molecule has 7 heterocycles. The molecule has 1 atom stereocenters. The van der Waals surface area contributed by atoms with E-state index in [1.165, 1.54) is 37.6 Å². The molecular formula is C33H25N7O7. The predicted octanol–water partition coefficient (Wildman–Crippen LogP) is 6.24. The molecule has 1 N–H and O–H groups in total. The van der Waals surface area contributed by atoms with Crippen LogP contribution in [0.25, 0.3) is 46.3 Å². The van der Waals surface area contributed by atoms with E-state index in [0.717, 1.165) is 11.1 Å². The number of nitrogens with one attached hydrogen (secondary N) is 1. The van der Waals surface area contributed by atoms with Gasteiger partial charge < -0.3 is 31.8 Å². The molecule has 0 radical (unpaired) electrons. The number of oxazole rings is 6. The summed E-state index contributed by atoms with van der Waals surface area (Å²) in [6.07, 6.45) is 8.84. The van der Waals surface area contributed by atoms with Gasteiger partial charge in [0.1, 0.15) is 43.3 Å². The van der Waals surface area contributed by atoms with Gasteiger partial charge in [0.15, 0.2) is 28.5 Å². The topological polar surface area (TPSA) is 185 Å². The lowest BCUT2D eigenvalue weighted by atomic mass is 10.0. The van der Waals surface area contributed by atoms with Gasteiger partial charge in [0.05, 0.1) is 12.5 Å². The number of hydrogen-bond donors (Lipinski definition) is 1. The molecule has 0 saturated heterocycles. The number of amides is 1. The Morgan fingerprint density at radius 2 is 1.23 bits per heavy atom. The number of aromatic nitrogens is 6. The van der Waals surface area contributed by atoms with Crippen LogP contribution in [0.15, 0.2) is 88.3 Å². The third-order valence-electron chi connectivity index (χ3n) is 6.86. The largest absolute Gasteiger partial charge is 0.447 e. The molecule has 14 nitrogen and oxygen atoms in total. The predicted molar refractivity (Wildman–Crippen MR) is 162 cm³/mol. The number of aryl methyl sites for hydroxylation is 1. The summed E-state index contributed by atoms with van der Waals surface area (Å²) < 4.78 is 33.5. The average Bonchev–Trinajstić information content (AvgIpc) is 3.93. The van der Waals surface area contributed by atoms with Gasteiger partial charge in [-0.25, -0.2) is 24.9 Å². The van der Waals surface area contributed by atoms with Crippen molar-refractivity contribution in [2.75, 3.05) is 0 Å². The number of benzene rings is 1. The minimum absolute atomic E-state index is 0.0359. The van der Waals surface area contributed by atoms with Crippen LogP contribution in [0.2, 0.25) is 0 Å². The lowest BCUT2D eigenvalue weighted by Gasteiger charge is -2.16. The van der Waals surface area contributed by atoms with E-state index in [4.69, 9.17) is 26.5 Å². The molecule has 0 saturated carbocycles. The van der Waals surface area contributed by atoms with Gasteiger partial charge in [-0.05, 0) is 24.8 Å². The van der Waals surface area contributed by atoms with Crippen molar-refractivity contribution >= 4 is 5.91 Å². The van der Waals surface area contributed by atoms with Crippen molar-refractivity contribution < 1.29 is 31.3 Å². The third kappa shape index (κ3) is 6.09. The second-order valence-corrected chi connectivity index (χ2v) is 10.0. The van der Waals surface area contributed by atoms with Crippen LogP contribution < -0.4 is 5.32 Å². The van der Waals surface area contributed by atoms with Gasteiger partial charge in [0.25, 0.3) is 11.8 Å². The highest BCUT2D eigenvalue weighted by Crippen LogP contribution is 2.28. The molecule has 1 aliphatic rings. The van der Waals surface area contributed by atoms with E-state index in [1.807, 2.05) is 45.0 Å². The van der Waals surface area contributed by atoms with Crippen molar-refractivity contribution in [3.63, 3.8) is 0 Å². The van der Waals surface area contributed by atoms with Crippen LogP contribution in [-0.2, 0) is 12.8 Å². The van der Waals surface area contributed by atoms with E-state index in [2.05, 4.69) is 47.1 Å². The first-order valence-electron chi connectivity index (χ1n) is 14.6. The van der Waals surface area contributed by atoms with Gasteiger partial charge in [-0.15, -0.1) is 0 Å². The number of rotatable bonds is 2. The fourth-order valence-electron chi connectivity index (χ4n) is 4.58. The minimum Gasteiger partial charge on any atom is -0.447 e. The summed E-state index contributed by atoms with van der Waals surface area (Å²) in [5.74, 6) is 6.35. The standard InChI is InChI=1S/C31H19N7O7.C2H6/c1-16-5-7-17(8-6-16)9-18-19-10-42-30(35-19)23-14-44-28(37-23)21-12-40-25(32-21)3-2-4-26-33-22(13-41-26)29-38-24(15-45-29)31-36-20(11-43-31)27(39)34-18;1-2/h5-8,10-15,18H,3,9H2,1H3,(H,34,39);1-2H3. The van der Waals surface area contributed by atoms with Gasteiger partial charge >= 0.3 is 0 Å². The zero-order chi connectivity index (χ0) is 32.3. The SMILES string of the molecule is CC.Cc1ccc(CC2NC(=O)c3coc(n3)-c3coc(n3)-c3coc(n3)C#CCc3nc(co3)-c3nc(co3)-c3nc2co3)cc1. The number of carbonyl (C=O) groups excluding carboxylic acids is 1. The van der Waals surface area contributed by atoms with E-state index in [0.29, 0.717) is 35.1 Å². The molecule has 0 aliphatic carbocycles. The summed E-state index contributed by atoms with van der Waals surface area (Å²) in [5.41, 5.74) is 3.88. The smallest absolute Gasteiger partial charge is 0.273 e. The minimum atomic E-state index is -0.589. The maximum Gasteiger partial charge on any atom is 0.273 e. The second kappa shape index (κ2) is 12.5. The van der Waals surface area contributed by atoms with E-state index >= 15 is 0 Å². The van der Waals surface area contributed by atoms with E-state index in [-0.39, 0.29) is 47.3 Å². The third-order valence-corrected chi connectivity index (χ3v) is 6.86. The highest BCUT2D eigenvalue weighted by Gasteiger charge is 2.25. The van der Waals surface area contributed by atoms with Gasteiger partial charge in [-0.1, -0.05) is 49.6 Å². The highest BCUT2D eigenvalue weighted by atomic mass is 16.4. The fourth-order valence-corrected chi connectivity index (χ4v) is 4.58. The van der Waals surface area contributed by atoms with Crippen LogP contribution in [0.4, 0.5) is 0 Å². The van der Waals surface area contributed by atoms with Gasteiger partial charge in [0.2, 0.25) is 29.5 Å². The molecule has 6 aromatic heterocycles. The maximum atomic E-state index is 13.4. The molecule has 1 aliphatic heterocycles. The molecule has 12 bridgehead atoms. The molecule has 1 amide bonds. The Morgan fingerprint density at radius 3 is 1.96 bits per heavy atom. The molecule has 1 aromatic carbocycles. The molecule has 234 valence electrons. The molecule has 0 spiro atoms. The summed E-state index contributed by atoms with van der Waals surface area (Å²) in [4.78, 5) is 39.9. The van der Waals surface area contributed by atoms with Crippen molar-refractivity contribution in [1.82, 2.24) is 35.2 Å². The Balaban J connectivity index is 0.00000172. The Labute approximate surface area is 266 Å². The summed E-state index contributed by atoms with van der Waals surface area (Å²) in [5, 5.41) is 2.99. The maximum absolute atomic E-state index is 13.4. The van der Waals surface area contributed by atoms with E-state index in [1.54, 1.807) is 0 Å². The number of carbonyl (C=O) groups is 1. The van der Waals surface area contributed by atoms with Crippen LogP contribution in [0, 0.1) is 18.8 Å². The first-order chi connectivity index (χ1) is 23.0. The molecule has 1 unspecified atom stereocenters. The van der Waals surface area contributed by atoms with E-state index in [9.17, 15) is 4.79 Å². The number of hydrogen-bond acceptors (Lipinski definition) is 13. The summed E-state index contributed by atoms with van der Waals surface area (Å²) in [6, 6.07) is 7.39. The van der Waals surface area contributed by atoms with Gasteiger partial charge in [-0.3, -0.25) is 4.79 Å². The Hall–Kier alpha value is -6.49. The summed E-state index contributed by atoms with van der Waals surface area (Å²) in [7, 11) is 0. The summed E-state index contributed by atoms with van der Waals surface area (Å²) >= 11 is 0. The fraction of sp³-hybridized carbons (Fsp3) is 0.182. The van der Waals surface area contributed by atoms with E-state index < -0.39 is 11.9 Å². The zero-order valence-corrected chi connectivity index (χ0v) is 25.3. The lowest BCUT2D eigenvalue weighted by molar-refractivity contribution is 0.0930. The highest BCUT2D eigenvalue weighted by molar-refractivity contribution is 5.92. The van der Waals surface area contributed by atoms with Crippen LogP contribution in [0.1, 0.15) is 59.0 Å². The monoisotopic (exact) mass is 631 g/mol. The van der Waals surface area contributed by atoms with Crippen molar-refractivity contribution in [3.8, 4) is 58.2 Å². The molecule has 7 aromatic rings. The normalized spacial score (nSPS) is 13.9. The number of nitrogens with zero attached hydrogens (tertiary/aromatic N) is 6. The van der Waals surface area contributed by atoms with Crippen LogP contribution in [0.3, 0.4) is 0 Å². The number of fused-ring (bicyclic) bond motifs is 16. The molecule has 47 heavy (non-hydrogen) atoms. The van der Waals surface area contributed by atoms with Crippen LogP contribution >= 0.6 is 0 Å². The Bertz CT molecular complexity index is 2220. The second-order valence-electron chi connectivity index (χ2n) is 10.0.